The average molecular weight is 254 g/mol. The van der Waals surface area contributed by atoms with Crippen molar-refractivity contribution in [2.45, 2.75) is 69.9 Å². The normalized spacial score (nSPS) is 27.2. The summed E-state index contributed by atoms with van der Waals surface area (Å²) in [4.78, 5) is 2.51. The zero-order chi connectivity index (χ0) is 12.8. The Balaban J connectivity index is 1.82. The van der Waals surface area contributed by atoms with Gasteiger partial charge in [-0.2, -0.15) is 0 Å². The number of hydrogen-bond acceptors (Lipinski definition) is 3. The molecule has 0 bridgehead atoms. The summed E-state index contributed by atoms with van der Waals surface area (Å²) in [5, 5.41) is 14.2. The van der Waals surface area contributed by atoms with E-state index >= 15 is 0 Å². The van der Waals surface area contributed by atoms with Gasteiger partial charge in [0, 0.05) is 19.1 Å². The number of unbranched alkanes of at least 4 members (excludes halogenated alkanes) is 1. The number of hydrogen-bond donors (Lipinski definition) is 2. The summed E-state index contributed by atoms with van der Waals surface area (Å²) in [5.41, 5.74) is -0.383. The number of rotatable bonds is 7. The number of nitrogens with one attached hydrogen (secondary N) is 1. The molecule has 0 amide bonds. The van der Waals surface area contributed by atoms with Crippen molar-refractivity contribution in [3.05, 3.63) is 0 Å². The molecule has 0 aromatic heterocycles. The first-order chi connectivity index (χ1) is 8.72. The van der Waals surface area contributed by atoms with Gasteiger partial charge in [-0.3, -0.25) is 4.90 Å². The van der Waals surface area contributed by atoms with Crippen molar-refractivity contribution >= 4 is 0 Å². The van der Waals surface area contributed by atoms with Gasteiger partial charge in [0.25, 0.3) is 0 Å². The van der Waals surface area contributed by atoms with E-state index in [4.69, 9.17) is 0 Å². The van der Waals surface area contributed by atoms with E-state index in [2.05, 4.69) is 17.1 Å². The van der Waals surface area contributed by atoms with Crippen molar-refractivity contribution in [3.8, 4) is 0 Å². The van der Waals surface area contributed by atoms with Crippen LogP contribution in [0.2, 0.25) is 0 Å². The van der Waals surface area contributed by atoms with Gasteiger partial charge in [0.15, 0.2) is 0 Å². The third-order valence-corrected chi connectivity index (χ3v) is 4.52. The van der Waals surface area contributed by atoms with E-state index < -0.39 is 0 Å². The van der Waals surface area contributed by atoms with Crippen molar-refractivity contribution in [1.29, 1.82) is 0 Å². The van der Waals surface area contributed by atoms with Crippen molar-refractivity contribution < 1.29 is 5.11 Å². The smallest absolute Gasteiger partial charge is 0.0774 e. The van der Waals surface area contributed by atoms with Gasteiger partial charge in [-0.15, -0.1) is 0 Å². The summed E-state index contributed by atoms with van der Waals surface area (Å²) < 4.78 is 0. The first kappa shape index (κ1) is 14.3. The summed E-state index contributed by atoms with van der Waals surface area (Å²) in [6, 6.07) is 0.659. The van der Waals surface area contributed by atoms with E-state index in [0.29, 0.717) is 6.04 Å². The van der Waals surface area contributed by atoms with Crippen LogP contribution in [0, 0.1) is 0 Å². The monoisotopic (exact) mass is 254 g/mol. The first-order valence-electron chi connectivity index (χ1n) is 7.90. The van der Waals surface area contributed by atoms with E-state index in [1.807, 2.05) is 0 Å². The van der Waals surface area contributed by atoms with Crippen LogP contribution >= 0.6 is 0 Å². The largest absolute Gasteiger partial charge is 0.389 e. The van der Waals surface area contributed by atoms with Crippen molar-refractivity contribution in [1.82, 2.24) is 10.2 Å². The maximum Gasteiger partial charge on any atom is 0.0774 e. The summed E-state index contributed by atoms with van der Waals surface area (Å²) in [6.45, 7) is 6.59. The average Bonchev–Trinajstić information content (AvgIpc) is 2.98. The molecule has 106 valence electrons. The summed E-state index contributed by atoms with van der Waals surface area (Å²) in [5.74, 6) is 0. The highest BCUT2D eigenvalue weighted by atomic mass is 16.3. The lowest BCUT2D eigenvalue weighted by atomic mass is 10.0. The zero-order valence-corrected chi connectivity index (χ0v) is 12.0. The topological polar surface area (TPSA) is 35.5 Å². The number of aliphatic hydroxyl groups is 1. The van der Waals surface area contributed by atoms with E-state index in [1.165, 1.54) is 45.1 Å². The molecule has 1 saturated heterocycles. The van der Waals surface area contributed by atoms with Gasteiger partial charge >= 0.3 is 0 Å². The van der Waals surface area contributed by atoms with Crippen LogP contribution in [0.25, 0.3) is 0 Å². The summed E-state index contributed by atoms with van der Waals surface area (Å²) in [7, 11) is 0. The second-order valence-electron chi connectivity index (χ2n) is 6.31. The highest BCUT2D eigenvalue weighted by Crippen LogP contribution is 2.30. The molecule has 1 aliphatic carbocycles. The fourth-order valence-electron chi connectivity index (χ4n) is 3.45. The molecule has 0 aromatic rings. The van der Waals surface area contributed by atoms with Gasteiger partial charge < -0.3 is 10.4 Å². The van der Waals surface area contributed by atoms with Crippen molar-refractivity contribution in [2.75, 3.05) is 26.2 Å². The Kier molecular flexibility index (Phi) is 5.46. The van der Waals surface area contributed by atoms with Crippen LogP contribution < -0.4 is 5.32 Å². The van der Waals surface area contributed by atoms with E-state index in [-0.39, 0.29) is 5.60 Å². The van der Waals surface area contributed by atoms with Crippen LogP contribution in [0.5, 0.6) is 0 Å². The molecule has 18 heavy (non-hydrogen) atoms. The summed E-state index contributed by atoms with van der Waals surface area (Å²) >= 11 is 0. The minimum absolute atomic E-state index is 0.383. The molecule has 0 spiro atoms. The van der Waals surface area contributed by atoms with Gasteiger partial charge in [-0.25, -0.2) is 0 Å². The first-order valence-corrected chi connectivity index (χ1v) is 7.90. The van der Waals surface area contributed by atoms with Crippen molar-refractivity contribution in [3.63, 3.8) is 0 Å². The van der Waals surface area contributed by atoms with Gasteiger partial charge in [-0.1, -0.05) is 26.2 Å². The van der Waals surface area contributed by atoms with E-state index in [0.717, 1.165) is 32.5 Å². The van der Waals surface area contributed by atoms with Crippen LogP contribution in [0.4, 0.5) is 0 Å². The Morgan fingerprint density at radius 2 is 2.06 bits per heavy atom. The van der Waals surface area contributed by atoms with Crippen LogP contribution in [-0.4, -0.2) is 47.8 Å². The predicted octanol–water partition coefficient (Wildman–Crippen LogP) is 2.15. The molecule has 0 aromatic carbocycles. The molecular formula is C15H30N2O. The zero-order valence-electron chi connectivity index (χ0n) is 12.0. The molecule has 2 N–H and O–H groups in total. The van der Waals surface area contributed by atoms with Crippen molar-refractivity contribution in [2.24, 2.45) is 0 Å². The van der Waals surface area contributed by atoms with E-state index in [9.17, 15) is 5.11 Å². The van der Waals surface area contributed by atoms with Crippen LogP contribution in [0.1, 0.15) is 58.3 Å². The quantitative estimate of drug-likeness (QED) is 0.731. The Bertz CT molecular complexity index is 233. The molecule has 0 radical (unpaired) electrons. The lowest BCUT2D eigenvalue weighted by molar-refractivity contribution is 0.00704. The second kappa shape index (κ2) is 6.88. The third-order valence-electron chi connectivity index (χ3n) is 4.52. The molecule has 1 aliphatic heterocycles. The maximum absolute atomic E-state index is 10.6. The molecule has 1 saturated carbocycles. The molecule has 1 atom stereocenters. The van der Waals surface area contributed by atoms with Crippen LogP contribution in [0.3, 0.4) is 0 Å². The summed E-state index contributed by atoms with van der Waals surface area (Å²) in [6.07, 6.45) is 9.55. The lowest BCUT2D eigenvalue weighted by Crippen LogP contribution is -2.46. The molecule has 1 unspecified atom stereocenters. The Labute approximate surface area is 112 Å². The molecule has 2 aliphatic rings. The van der Waals surface area contributed by atoms with Gasteiger partial charge in [-0.05, 0) is 45.2 Å². The third kappa shape index (κ3) is 4.22. The lowest BCUT2D eigenvalue weighted by Gasteiger charge is -2.33. The predicted molar refractivity (Wildman–Crippen MR) is 75.8 cm³/mol. The SMILES string of the molecule is CCCCN(CC1CCCN1)CC1(O)CCCC1. The van der Waals surface area contributed by atoms with Gasteiger partial charge in [0.05, 0.1) is 5.60 Å². The second-order valence-corrected chi connectivity index (χ2v) is 6.31. The van der Waals surface area contributed by atoms with E-state index in [1.54, 1.807) is 0 Å². The molecule has 2 fully saturated rings. The van der Waals surface area contributed by atoms with Gasteiger partial charge in [0.1, 0.15) is 0 Å². The maximum atomic E-state index is 10.6. The Hall–Kier alpha value is -0.120. The standard InChI is InChI=1S/C15H30N2O/c1-2-3-11-17(12-14-7-6-10-16-14)13-15(18)8-4-5-9-15/h14,16,18H,2-13H2,1H3. The molecular weight excluding hydrogens is 224 g/mol. The minimum atomic E-state index is -0.383. The molecule has 3 nitrogen and oxygen atoms in total. The molecule has 2 rings (SSSR count). The van der Waals surface area contributed by atoms with Crippen LogP contribution in [-0.2, 0) is 0 Å². The Morgan fingerprint density at radius 1 is 1.28 bits per heavy atom. The highest BCUT2D eigenvalue weighted by Gasteiger charge is 2.33. The fraction of sp³-hybridized carbons (Fsp3) is 1.00. The minimum Gasteiger partial charge on any atom is -0.389 e. The van der Waals surface area contributed by atoms with Crippen LogP contribution in [0.15, 0.2) is 0 Å². The highest BCUT2D eigenvalue weighted by molar-refractivity contribution is 4.89. The fourth-order valence-corrected chi connectivity index (χ4v) is 3.45. The molecule has 3 heteroatoms. The number of nitrogens with zero attached hydrogens (tertiary/aromatic N) is 1. The Morgan fingerprint density at radius 3 is 2.67 bits per heavy atom. The van der Waals surface area contributed by atoms with Gasteiger partial charge in [0.2, 0.25) is 0 Å². The molecule has 1 heterocycles.